The molecule has 3 heteroatoms. The molecule has 0 aliphatic heterocycles. The number of rotatable bonds is 4. The number of thiophene rings is 1. The molecule has 20 heavy (non-hydrogen) atoms. The largest absolute Gasteiger partial charge is 0.323 e. The number of fused-ring (bicyclic) bond motifs is 1. The molecule has 1 heterocycles. The first-order valence-corrected chi connectivity index (χ1v) is 8.52. The third kappa shape index (κ3) is 2.75. The zero-order valence-electron chi connectivity index (χ0n) is 11.4. The first-order chi connectivity index (χ1) is 9.75. The standard InChI is InChI=1S/C17H17NS2/c1-12-5-2-3-8-16(12)20-11-15(18)14-7-4-6-13-9-10-19-17(13)14/h2-10,15H,11,18H2,1H3. The second-order valence-corrected chi connectivity index (χ2v) is 6.85. The van der Waals surface area contributed by atoms with Gasteiger partial charge in [0.05, 0.1) is 0 Å². The Morgan fingerprint density at radius 3 is 2.80 bits per heavy atom. The van der Waals surface area contributed by atoms with Gasteiger partial charge in [-0.25, -0.2) is 0 Å². The highest BCUT2D eigenvalue weighted by molar-refractivity contribution is 7.99. The van der Waals surface area contributed by atoms with E-state index in [1.54, 1.807) is 11.3 Å². The van der Waals surface area contributed by atoms with Crippen molar-refractivity contribution in [3.05, 3.63) is 65.0 Å². The quantitative estimate of drug-likeness (QED) is 0.686. The van der Waals surface area contributed by atoms with Crippen LogP contribution < -0.4 is 5.73 Å². The Balaban J connectivity index is 1.78. The molecule has 2 aromatic carbocycles. The SMILES string of the molecule is Cc1ccccc1SCC(N)c1cccc2ccsc12. The minimum absolute atomic E-state index is 0.0713. The summed E-state index contributed by atoms with van der Waals surface area (Å²) in [4.78, 5) is 1.32. The molecule has 102 valence electrons. The van der Waals surface area contributed by atoms with Gasteiger partial charge in [0.1, 0.15) is 0 Å². The van der Waals surface area contributed by atoms with E-state index in [0.717, 1.165) is 5.75 Å². The van der Waals surface area contributed by atoms with E-state index in [9.17, 15) is 0 Å². The van der Waals surface area contributed by atoms with E-state index in [2.05, 4.69) is 60.8 Å². The third-order valence-electron chi connectivity index (χ3n) is 3.42. The maximum atomic E-state index is 6.40. The lowest BCUT2D eigenvalue weighted by Gasteiger charge is -2.13. The van der Waals surface area contributed by atoms with Gasteiger partial charge < -0.3 is 5.73 Å². The van der Waals surface area contributed by atoms with Crippen LogP contribution in [0.1, 0.15) is 17.2 Å². The molecule has 0 radical (unpaired) electrons. The van der Waals surface area contributed by atoms with Crippen molar-refractivity contribution < 1.29 is 0 Å². The number of benzene rings is 2. The Labute approximate surface area is 127 Å². The van der Waals surface area contributed by atoms with Crippen LogP contribution in [0.2, 0.25) is 0 Å². The summed E-state index contributed by atoms with van der Waals surface area (Å²) in [6, 6.07) is 17.1. The molecule has 3 aromatic rings. The van der Waals surface area contributed by atoms with E-state index in [4.69, 9.17) is 5.73 Å². The van der Waals surface area contributed by atoms with Gasteiger partial charge in [-0.3, -0.25) is 0 Å². The normalized spacial score (nSPS) is 12.7. The molecular formula is C17H17NS2. The summed E-state index contributed by atoms with van der Waals surface area (Å²) in [5.74, 6) is 0.905. The minimum Gasteiger partial charge on any atom is -0.323 e. The summed E-state index contributed by atoms with van der Waals surface area (Å²) >= 11 is 3.62. The maximum absolute atomic E-state index is 6.40. The van der Waals surface area contributed by atoms with Crippen molar-refractivity contribution in [2.45, 2.75) is 17.9 Å². The Morgan fingerprint density at radius 2 is 1.95 bits per heavy atom. The van der Waals surface area contributed by atoms with Gasteiger partial charge in [-0.05, 0) is 40.9 Å². The average Bonchev–Trinajstić information content (AvgIpc) is 2.94. The lowest BCUT2D eigenvalue weighted by molar-refractivity contribution is 0.841. The topological polar surface area (TPSA) is 26.0 Å². The van der Waals surface area contributed by atoms with Crippen molar-refractivity contribution in [3.63, 3.8) is 0 Å². The summed E-state index contributed by atoms with van der Waals surface area (Å²) in [5, 5.41) is 3.43. The number of hydrogen-bond donors (Lipinski definition) is 1. The lowest BCUT2D eigenvalue weighted by atomic mass is 10.1. The van der Waals surface area contributed by atoms with Crippen LogP contribution >= 0.6 is 23.1 Å². The number of aryl methyl sites for hydroxylation is 1. The summed E-state index contributed by atoms with van der Waals surface area (Å²) < 4.78 is 1.32. The van der Waals surface area contributed by atoms with Crippen molar-refractivity contribution >= 4 is 33.2 Å². The van der Waals surface area contributed by atoms with E-state index >= 15 is 0 Å². The fourth-order valence-corrected chi connectivity index (χ4v) is 4.28. The molecule has 0 saturated heterocycles. The monoisotopic (exact) mass is 299 g/mol. The van der Waals surface area contributed by atoms with Gasteiger partial charge in [-0.1, -0.05) is 36.4 Å². The third-order valence-corrected chi connectivity index (χ3v) is 5.70. The summed E-state index contributed by atoms with van der Waals surface area (Å²) in [6.45, 7) is 2.15. The van der Waals surface area contributed by atoms with Gasteiger partial charge in [0, 0.05) is 21.4 Å². The fraction of sp³-hybridized carbons (Fsp3) is 0.176. The van der Waals surface area contributed by atoms with Gasteiger partial charge >= 0.3 is 0 Å². The molecule has 0 amide bonds. The zero-order chi connectivity index (χ0) is 13.9. The van der Waals surface area contributed by atoms with Crippen LogP contribution in [0, 0.1) is 6.92 Å². The van der Waals surface area contributed by atoms with Crippen molar-refractivity contribution in [1.29, 1.82) is 0 Å². The predicted molar refractivity (Wildman–Crippen MR) is 90.7 cm³/mol. The molecule has 0 saturated carbocycles. The first-order valence-electron chi connectivity index (χ1n) is 6.66. The van der Waals surface area contributed by atoms with Crippen LogP contribution in [0.15, 0.2) is 58.8 Å². The highest BCUT2D eigenvalue weighted by Crippen LogP contribution is 2.31. The van der Waals surface area contributed by atoms with E-state index in [0.29, 0.717) is 0 Å². The van der Waals surface area contributed by atoms with Crippen molar-refractivity contribution in [2.24, 2.45) is 5.73 Å². The van der Waals surface area contributed by atoms with Crippen LogP contribution in [0.5, 0.6) is 0 Å². The number of nitrogens with two attached hydrogens (primary N) is 1. The molecule has 2 N–H and O–H groups in total. The molecule has 1 nitrogen and oxygen atoms in total. The van der Waals surface area contributed by atoms with Gasteiger partial charge in [0.15, 0.2) is 0 Å². The van der Waals surface area contributed by atoms with Crippen molar-refractivity contribution in [3.8, 4) is 0 Å². The number of thioether (sulfide) groups is 1. The average molecular weight is 299 g/mol. The van der Waals surface area contributed by atoms with Crippen molar-refractivity contribution in [2.75, 3.05) is 5.75 Å². The highest BCUT2D eigenvalue weighted by Gasteiger charge is 2.11. The second-order valence-electron chi connectivity index (χ2n) is 4.87. The van der Waals surface area contributed by atoms with Gasteiger partial charge in [0.2, 0.25) is 0 Å². The van der Waals surface area contributed by atoms with E-state index < -0.39 is 0 Å². The Morgan fingerprint density at radius 1 is 1.10 bits per heavy atom. The fourth-order valence-electron chi connectivity index (χ4n) is 2.30. The molecule has 1 unspecified atom stereocenters. The summed E-state index contributed by atoms with van der Waals surface area (Å²) in [5.41, 5.74) is 8.99. The summed E-state index contributed by atoms with van der Waals surface area (Å²) in [7, 11) is 0. The molecular weight excluding hydrogens is 282 g/mol. The van der Waals surface area contributed by atoms with E-state index in [1.807, 2.05) is 11.8 Å². The lowest BCUT2D eigenvalue weighted by Crippen LogP contribution is -2.13. The van der Waals surface area contributed by atoms with Crippen LogP contribution in [0.25, 0.3) is 10.1 Å². The van der Waals surface area contributed by atoms with E-state index in [-0.39, 0.29) is 6.04 Å². The molecule has 1 aromatic heterocycles. The van der Waals surface area contributed by atoms with Crippen LogP contribution in [-0.4, -0.2) is 5.75 Å². The predicted octanol–water partition coefficient (Wildman–Crippen LogP) is 5.00. The smallest absolute Gasteiger partial charge is 0.0404 e. The summed E-state index contributed by atoms with van der Waals surface area (Å²) in [6.07, 6.45) is 0. The molecule has 1 atom stereocenters. The minimum atomic E-state index is 0.0713. The van der Waals surface area contributed by atoms with Crippen molar-refractivity contribution in [1.82, 2.24) is 0 Å². The molecule has 0 spiro atoms. The Kier molecular flexibility index (Phi) is 4.10. The van der Waals surface area contributed by atoms with Gasteiger partial charge in [-0.15, -0.1) is 23.1 Å². The molecule has 0 aliphatic carbocycles. The van der Waals surface area contributed by atoms with Crippen LogP contribution in [0.3, 0.4) is 0 Å². The molecule has 0 fully saturated rings. The first kappa shape index (κ1) is 13.7. The molecule has 3 rings (SSSR count). The van der Waals surface area contributed by atoms with Gasteiger partial charge in [0.25, 0.3) is 0 Å². The zero-order valence-corrected chi connectivity index (χ0v) is 13.0. The maximum Gasteiger partial charge on any atom is 0.0404 e. The Hall–Kier alpha value is -1.29. The van der Waals surface area contributed by atoms with E-state index in [1.165, 1.54) is 26.1 Å². The second kappa shape index (κ2) is 6.00. The number of hydrogen-bond acceptors (Lipinski definition) is 3. The van der Waals surface area contributed by atoms with Crippen LogP contribution in [-0.2, 0) is 0 Å². The van der Waals surface area contributed by atoms with Crippen LogP contribution in [0.4, 0.5) is 0 Å². The molecule has 0 aliphatic rings. The highest BCUT2D eigenvalue weighted by atomic mass is 32.2. The Bertz CT molecular complexity index is 718. The molecule has 0 bridgehead atoms. The van der Waals surface area contributed by atoms with Gasteiger partial charge in [-0.2, -0.15) is 0 Å².